The number of hydrogen-bond donors (Lipinski definition) is 2. The Morgan fingerprint density at radius 1 is 1.33 bits per heavy atom. The number of aliphatic imine (C=N–C) groups is 1. The van der Waals surface area contributed by atoms with Gasteiger partial charge in [-0.2, -0.15) is 0 Å². The van der Waals surface area contributed by atoms with Crippen LogP contribution in [0.3, 0.4) is 0 Å². The Morgan fingerprint density at radius 2 is 2.11 bits per heavy atom. The van der Waals surface area contributed by atoms with E-state index in [1.54, 1.807) is 11.3 Å². The number of halogens is 1. The molecule has 148 valence electrons. The highest BCUT2D eigenvalue weighted by molar-refractivity contribution is 14.0. The second-order valence-corrected chi connectivity index (χ2v) is 8.09. The first-order valence-electron chi connectivity index (χ1n) is 9.39. The molecular formula is C20H30IN5S. The summed E-state index contributed by atoms with van der Waals surface area (Å²) in [7, 11) is 1.82. The first-order valence-corrected chi connectivity index (χ1v) is 10.2. The van der Waals surface area contributed by atoms with E-state index in [2.05, 4.69) is 63.6 Å². The van der Waals surface area contributed by atoms with E-state index in [1.807, 2.05) is 13.2 Å². The summed E-state index contributed by atoms with van der Waals surface area (Å²) in [6, 6.07) is 9.05. The molecule has 2 heterocycles. The molecule has 5 nitrogen and oxygen atoms in total. The summed E-state index contributed by atoms with van der Waals surface area (Å²) in [6.45, 7) is 7.44. The largest absolute Gasteiger partial charge is 0.372 e. The predicted octanol–water partition coefficient (Wildman–Crippen LogP) is 4.14. The predicted molar refractivity (Wildman–Crippen MR) is 127 cm³/mol. The van der Waals surface area contributed by atoms with Gasteiger partial charge in [0.1, 0.15) is 0 Å². The minimum absolute atomic E-state index is 0. The van der Waals surface area contributed by atoms with Crippen molar-refractivity contribution in [2.75, 3.05) is 31.6 Å². The molecule has 1 unspecified atom stereocenters. The maximum atomic E-state index is 4.41. The Morgan fingerprint density at radius 3 is 2.78 bits per heavy atom. The lowest BCUT2D eigenvalue weighted by molar-refractivity contribution is 0.683. The van der Waals surface area contributed by atoms with Gasteiger partial charge in [0.2, 0.25) is 0 Å². The van der Waals surface area contributed by atoms with Crippen LogP contribution in [-0.2, 0) is 6.42 Å². The molecule has 0 radical (unpaired) electrons. The molecule has 0 bridgehead atoms. The zero-order chi connectivity index (χ0) is 18.4. The topological polar surface area (TPSA) is 52.6 Å². The molecule has 0 saturated carbocycles. The van der Waals surface area contributed by atoms with Crippen molar-refractivity contribution in [3.05, 3.63) is 45.9 Å². The Bertz CT molecular complexity index is 739. The first-order chi connectivity index (χ1) is 12.7. The van der Waals surface area contributed by atoms with Gasteiger partial charge in [0.05, 0.1) is 11.0 Å². The highest BCUT2D eigenvalue weighted by Gasteiger charge is 2.14. The molecule has 1 aliphatic rings. The lowest BCUT2D eigenvalue weighted by Gasteiger charge is -2.22. The number of thiazole rings is 1. The van der Waals surface area contributed by atoms with Gasteiger partial charge >= 0.3 is 0 Å². The number of anilines is 1. The van der Waals surface area contributed by atoms with Gasteiger partial charge in [-0.25, -0.2) is 4.98 Å². The number of nitrogens with one attached hydrogen (secondary N) is 2. The molecule has 1 aliphatic heterocycles. The third kappa shape index (κ3) is 6.34. The molecule has 0 amide bonds. The van der Waals surface area contributed by atoms with Crippen LogP contribution < -0.4 is 15.5 Å². The van der Waals surface area contributed by atoms with Crippen LogP contribution in [-0.4, -0.2) is 37.6 Å². The van der Waals surface area contributed by atoms with E-state index in [0.717, 1.165) is 23.9 Å². The Balaban J connectivity index is 0.00000261. The van der Waals surface area contributed by atoms with E-state index in [1.165, 1.54) is 42.1 Å². The number of aromatic nitrogens is 1. The highest BCUT2D eigenvalue weighted by Crippen LogP contribution is 2.23. The normalized spacial score (nSPS) is 15.4. The average Bonchev–Trinajstić information content (AvgIpc) is 3.33. The van der Waals surface area contributed by atoms with Gasteiger partial charge in [-0.3, -0.25) is 4.99 Å². The number of benzene rings is 1. The van der Waals surface area contributed by atoms with Crippen LogP contribution in [0.5, 0.6) is 0 Å². The second kappa shape index (κ2) is 10.8. The lowest BCUT2D eigenvalue weighted by Crippen LogP contribution is -2.39. The summed E-state index contributed by atoms with van der Waals surface area (Å²) in [6.07, 6.45) is 5.45. The molecule has 1 atom stereocenters. The van der Waals surface area contributed by atoms with Gasteiger partial charge in [0, 0.05) is 49.9 Å². The summed E-state index contributed by atoms with van der Waals surface area (Å²) in [5, 5.41) is 8.05. The maximum absolute atomic E-state index is 4.41. The summed E-state index contributed by atoms with van der Waals surface area (Å²) in [5.41, 5.74) is 2.61. The zero-order valence-corrected chi connectivity index (χ0v) is 19.5. The molecule has 27 heavy (non-hydrogen) atoms. The van der Waals surface area contributed by atoms with Gasteiger partial charge in [0.15, 0.2) is 5.96 Å². The fourth-order valence-electron chi connectivity index (χ4n) is 3.25. The van der Waals surface area contributed by atoms with E-state index in [9.17, 15) is 0 Å². The second-order valence-electron chi connectivity index (χ2n) is 6.77. The molecular weight excluding hydrogens is 469 g/mol. The maximum Gasteiger partial charge on any atom is 0.191 e. The quantitative estimate of drug-likeness (QED) is 0.357. The van der Waals surface area contributed by atoms with Crippen molar-refractivity contribution in [2.45, 2.75) is 39.2 Å². The van der Waals surface area contributed by atoms with Crippen molar-refractivity contribution in [3.63, 3.8) is 0 Å². The van der Waals surface area contributed by atoms with Crippen molar-refractivity contribution in [1.82, 2.24) is 15.6 Å². The third-order valence-corrected chi connectivity index (χ3v) is 5.69. The molecule has 3 rings (SSSR count). The van der Waals surface area contributed by atoms with Gasteiger partial charge in [0.25, 0.3) is 0 Å². The number of hydrogen-bond acceptors (Lipinski definition) is 4. The molecule has 1 saturated heterocycles. The average molecular weight is 499 g/mol. The minimum atomic E-state index is 0. The van der Waals surface area contributed by atoms with Gasteiger partial charge in [-0.1, -0.05) is 12.1 Å². The highest BCUT2D eigenvalue weighted by atomic mass is 127. The van der Waals surface area contributed by atoms with Gasteiger partial charge < -0.3 is 15.5 Å². The summed E-state index contributed by atoms with van der Waals surface area (Å²) in [4.78, 5) is 12.5. The molecule has 0 aliphatic carbocycles. The van der Waals surface area contributed by atoms with Crippen molar-refractivity contribution < 1.29 is 0 Å². The smallest absolute Gasteiger partial charge is 0.191 e. The Kier molecular flexibility index (Phi) is 8.82. The number of rotatable bonds is 6. The van der Waals surface area contributed by atoms with E-state index in [-0.39, 0.29) is 30.0 Å². The molecule has 1 aromatic heterocycles. The van der Waals surface area contributed by atoms with Crippen LogP contribution in [0.4, 0.5) is 5.69 Å². The van der Waals surface area contributed by atoms with Crippen LogP contribution in [0.1, 0.15) is 41.3 Å². The fraction of sp³-hybridized carbons (Fsp3) is 0.500. The Hall–Kier alpha value is -1.35. The van der Waals surface area contributed by atoms with Crippen LogP contribution in [0, 0.1) is 6.92 Å². The molecule has 0 spiro atoms. The minimum Gasteiger partial charge on any atom is -0.372 e. The van der Waals surface area contributed by atoms with E-state index < -0.39 is 0 Å². The summed E-state index contributed by atoms with van der Waals surface area (Å²) < 4.78 is 0. The Labute approximate surface area is 183 Å². The van der Waals surface area contributed by atoms with Crippen molar-refractivity contribution in [2.24, 2.45) is 4.99 Å². The van der Waals surface area contributed by atoms with E-state index in [4.69, 9.17) is 0 Å². The van der Waals surface area contributed by atoms with Crippen molar-refractivity contribution in [1.29, 1.82) is 0 Å². The molecule has 1 fully saturated rings. The van der Waals surface area contributed by atoms with Gasteiger partial charge in [-0.05, 0) is 44.4 Å². The molecule has 2 aromatic rings. The van der Waals surface area contributed by atoms with Crippen molar-refractivity contribution >= 4 is 47.0 Å². The van der Waals surface area contributed by atoms with E-state index in [0.29, 0.717) is 0 Å². The SMILES string of the molecule is CN=C(NCCc1ncc(C)s1)NC(C)c1cccc(N2CCCC2)c1.I. The van der Waals surface area contributed by atoms with Crippen molar-refractivity contribution in [3.8, 4) is 0 Å². The summed E-state index contributed by atoms with van der Waals surface area (Å²) >= 11 is 1.76. The number of guanidine groups is 1. The van der Waals surface area contributed by atoms with E-state index >= 15 is 0 Å². The summed E-state index contributed by atoms with van der Waals surface area (Å²) in [5.74, 6) is 0.831. The lowest BCUT2D eigenvalue weighted by atomic mass is 10.1. The molecule has 7 heteroatoms. The first kappa shape index (κ1) is 21.9. The van der Waals surface area contributed by atoms with Crippen LogP contribution in [0.2, 0.25) is 0 Å². The monoisotopic (exact) mass is 499 g/mol. The van der Waals surface area contributed by atoms with Crippen LogP contribution in [0.25, 0.3) is 0 Å². The zero-order valence-electron chi connectivity index (χ0n) is 16.4. The van der Waals surface area contributed by atoms with Gasteiger partial charge in [-0.15, -0.1) is 35.3 Å². The number of aryl methyl sites for hydroxylation is 1. The molecule has 1 aromatic carbocycles. The molecule has 2 N–H and O–H groups in total. The fourth-order valence-corrected chi connectivity index (χ4v) is 4.04. The number of nitrogens with zero attached hydrogens (tertiary/aromatic N) is 3. The third-order valence-electron chi connectivity index (χ3n) is 4.72. The standard InChI is InChI=1S/C20H29N5S.HI/c1-15-14-23-19(26-15)9-10-22-20(21-3)24-16(2)17-7-6-8-18(13-17)25-11-4-5-12-25;/h6-8,13-14,16H,4-5,9-12H2,1-3H3,(H2,21,22,24);1H. The van der Waals surface area contributed by atoms with Crippen LogP contribution >= 0.6 is 35.3 Å². The van der Waals surface area contributed by atoms with Crippen LogP contribution in [0.15, 0.2) is 35.5 Å².